The predicted octanol–water partition coefficient (Wildman–Crippen LogP) is 4.01. The number of aryl methyl sites for hydroxylation is 1. The van der Waals surface area contributed by atoms with Crippen molar-refractivity contribution in [2.45, 2.75) is 65.5 Å². The third-order valence-corrected chi connectivity index (χ3v) is 4.87. The van der Waals surface area contributed by atoms with E-state index in [0.29, 0.717) is 5.92 Å². The fourth-order valence-corrected chi connectivity index (χ4v) is 2.89. The number of benzene rings is 1. The fourth-order valence-electron chi connectivity index (χ4n) is 2.89. The van der Waals surface area contributed by atoms with Crippen LogP contribution in [0.1, 0.15) is 57.6 Å². The van der Waals surface area contributed by atoms with Crippen LogP contribution in [0, 0.1) is 12.3 Å². The second kappa shape index (κ2) is 5.16. The van der Waals surface area contributed by atoms with E-state index in [1.807, 2.05) is 0 Å². The Morgan fingerprint density at radius 2 is 2.11 bits per heavy atom. The first-order valence-corrected chi connectivity index (χ1v) is 7.41. The average molecular weight is 261 g/mol. The van der Waals surface area contributed by atoms with Gasteiger partial charge in [0, 0.05) is 17.9 Å². The number of ether oxygens (including phenoxy) is 1. The number of hydrogen-bond donors (Lipinski definition) is 1. The highest BCUT2D eigenvalue weighted by molar-refractivity contribution is 5.39. The quantitative estimate of drug-likeness (QED) is 0.888. The van der Waals surface area contributed by atoms with Gasteiger partial charge in [-0.2, -0.15) is 0 Å². The Kier molecular flexibility index (Phi) is 3.91. The Morgan fingerprint density at radius 1 is 1.42 bits per heavy atom. The summed E-state index contributed by atoms with van der Waals surface area (Å²) in [7, 11) is 0. The molecule has 19 heavy (non-hydrogen) atoms. The smallest absolute Gasteiger partial charge is 0.123 e. The first-order chi connectivity index (χ1) is 8.88. The molecule has 0 spiro atoms. The lowest BCUT2D eigenvalue weighted by Gasteiger charge is -2.51. The zero-order valence-electron chi connectivity index (χ0n) is 12.9. The maximum absolute atomic E-state index is 6.32. The molecule has 0 aromatic heterocycles. The molecule has 2 heteroatoms. The lowest BCUT2D eigenvalue weighted by molar-refractivity contribution is -0.0565. The molecule has 3 atom stereocenters. The number of nitrogens with two attached hydrogens (primary N) is 1. The Bertz CT molecular complexity index is 455. The van der Waals surface area contributed by atoms with Gasteiger partial charge in [0.05, 0.1) is 0 Å². The van der Waals surface area contributed by atoms with Crippen molar-refractivity contribution in [2.75, 3.05) is 0 Å². The van der Waals surface area contributed by atoms with Crippen LogP contribution in [0.15, 0.2) is 18.2 Å². The fraction of sp³-hybridized carbons (Fsp3) is 0.647. The van der Waals surface area contributed by atoms with Crippen LogP contribution >= 0.6 is 0 Å². The van der Waals surface area contributed by atoms with Gasteiger partial charge in [0.25, 0.3) is 0 Å². The maximum Gasteiger partial charge on any atom is 0.123 e. The normalized spacial score (nSPS) is 30.3. The SMILES string of the molecule is CCC1(C)C(N)CC1Oc1cc(C)ccc1C(C)C. The van der Waals surface area contributed by atoms with E-state index < -0.39 is 0 Å². The minimum absolute atomic E-state index is 0.123. The highest BCUT2D eigenvalue weighted by atomic mass is 16.5. The van der Waals surface area contributed by atoms with Gasteiger partial charge in [-0.25, -0.2) is 0 Å². The lowest BCUT2D eigenvalue weighted by atomic mass is 9.62. The van der Waals surface area contributed by atoms with Crippen molar-refractivity contribution in [1.29, 1.82) is 0 Å². The van der Waals surface area contributed by atoms with Crippen molar-refractivity contribution in [3.05, 3.63) is 29.3 Å². The van der Waals surface area contributed by atoms with E-state index >= 15 is 0 Å². The molecule has 1 saturated carbocycles. The molecule has 0 saturated heterocycles. The second-order valence-corrected chi connectivity index (χ2v) is 6.50. The molecule has 106 valence electrons. The molecule has 2 N–H and O–H groups in total. The Hall–Kier alpha value is -1.02. The minimum Gasteiger partial charge on any atom is -0.489 e. The molecule has 1 aromatic rings. The summed E-state index contributed by atoms with van der Waals surface area (Å²) >= 11 is 0. The summed E-state index contributed by atoms with van der Waals surface area (Å²) in [5.41, 5.74) is 8.83. The summed E-state index contributed by atoms with van der Waals surface area (Å²) in [6, 6.07) is 6.79. The van der Waals surface area contributed by atoms with Crippen LogP contribution in [0.4, 0.5) is 0 Å². The molecule has 2 nitrogen and oxygen atoms in total. The van der Waals surface area contributed by atoms with Gasteiger partial charge in [-0.15, -0.1) is 0 Å². The molecule has 0 bridgehead atoms. The van der Waals surface area contributed by atoms with Crippen LogP contribution < -0.4 is 10.5 Å². The summed E-state index contributed by atoms with van der Waals surface area (Å²) in [6.45, 7) is 11.0. The van der Waals surface area contributed by atoms with Gasteiger partial charge in [0.1, 0.15) is 11.9 Å². The lowest BCUT2D eigenvalue weighted by Crippen LogP contribution is -2.61. The molecule has 2 rings (SSSR count). The van der Waals surface area contributed by atoms with E-state index in [4.69, 9.17) is 10.5 Å². The summed E-state index contributed by atoms with van der Waals surface area (Å²) in [6.07, 6.45) is 2.30. The highest BCUT2D eigenvalue weighted by Gasteiger charge is 2.50. The third-order valence-electron chi connectivity index (χ3n) is 4.87. The van der Waals surface area contributed by atoms with Gasteiger partial charge >= 0.3 is 0 Å². The molecule has 0 radical (unpaired) electrons. The summed E-state index contributed by atoms with van der Waals surface area (Å²) in [5.74, 6) is 1.53. The highest BCUT2D eigenvalue weighted by Crippen LogP contribution is 2.45. The standard InChI is InChI=1S/C17H27NO/c1-6-17(5)15(18)10-16(17)19-14-9-12(4)7-8-13(14)11(2)3/h7-9,11,15-16H,6,10,18H2,1-5H3. The van der Waals surface area contributed by atoms with Crippen LogP contribution in [-0.2, 0) is 0 Å². The van der Waals surface area contributed by atoms with E-state index in [0.717, 1.165) is 18.6 Å². The Labute approximate surface area is 117 Å². The van der Waals surface area contributed by atoms with Crippen molar-refractivity contribution in [3.63, 3.8) is 0 Å². The summed E-state index contributed by atoms with van der Waals surface area (Å²) < 4.78 is 6.32. The Balaban J connectivity index is 2.22. The average Bonchev–Trinajstić information content (AvgIpc) is 2.37. The topological polar surface area (TPSA) is 35.2 Å². The maximum atomic E-state index is 6.32. The van der Waals surface area contributed by atoms with Gasteiger partial charge in [0.15, 0.2) is 0 Å². The van der Waals surface area contributed by atoms with Crippen molar-refractivity contribution >= 4 is 0 Å². The van der Waals surface area contributed by atoms with Crippen molar-refractivity contribution in [1.82, 2.24) is 0 Å². The first kappa shape index (κ1) is 14.4. The largest absolute Gasteiger partial charge is 0.489 e. The summed E-state index contributed by atoms with van der Waals surface area (Å²) in [5, 5.41) is 0. The molecule has 0 heterocycles. The van der Waals surface area contributed by atoms with Crippen LogP contribution in [-0.4, -0.2) is 12.1 Å². The van der Waals surface area contributed by atoms with Gasteiger partial charge in [0.2, 0.25) is 0 Å². The molecule has 1 aliphatic carbocycles. The number of rotatable bonds is 4. The predicted molar refractivity (Wildman–Crippen MR) is 80.7 cm³/mol. The third kappa shape index (κ3) is 2.51. The van der Waals surface area contributed by atoms with E-state index in [2.05, 4.69) is 52.8 Å². The van der Waals surface area contributed by atoms with E-state index in [-0.39, 0.29) is 17.6 Å². The summed E-state index contributed by atoms with van der Waals surface area (Å²) in [4.78, 5) is 0. The molecule has 0 aliphatic heterocycles. The molecular formula is C17H27NO. The van der Waals surface area contributed by atoms with Gasteiger partial charge < -0.3 is 10.5 Å². The zero-order valence-corrected chi connectivity index (χ0v) is 12.9. The zero-order chi connectivity index (χ0) is 14.2. The van der Waals surface area contributed by atoms with Crippen molar-refractivity contribution in [2.24, 2.45) is 11.1 Å². The Morgan fingerprint density at radius 3 is 2.63 bits per heavy atom. The monoisotopic (exact) mass is 261 g/mol. The molecule has 0 amide bonds. The second-order valence-electron chi connectivity index (χ2n) is 6.50. The van der Waals surface area contributed by atoms with Crippen molar-refractivity contribution < 1.29 is 4.74 Å². The van der Waals surface area contributed by atoms with E-state index in [1.165, 1.54) is 11.1 Å². The van der Waals surface area contributed by atoms with Crippen LogP contribution in [0.2, 0.25) is 0 Å². The van der Waals surface area contributed by atoms with Crippen molar-refractivity contribution in [3.8, 4) is 5.75 Å². The first-order valence-electron chi connectivity index (χ1n) is 7.41. The number of hydrogen-bond acceptors (Lipinski definition) is 2. The van der Waals surface area contributed by atoms with Crippen LogP contribution in [0.5, 0.6) is 5.75 Å². The molecule has 1 aromatic carbocycles. The van der Waals surface area contributed by atoms with Gasteiger partial charge in [-0.3, -0.25) is 0 Å². The van der Waals surface area contributed by atoms with Crippen LogP contribution in [0.3, 0.4) is 0 Å². The van der Waals surface area contributed by atoms with E-state index in [1.54, 1.807) is 0 Å². The molecule has 1 fully saturated rings. The van der Waals surface area contributed by atoms with Gasteiger partial charge in [-0.1, -0.05) is 39.8 Å². The minimum atomic E-state index is 0.123. The molecule has 1 aliphatic rings. The van der Waals surface area contributed by atoms with Crippen LogP contribution in [0.25, 0.3) is 0 Å². The van der Waals surface area contributed by atoms with E-state index in [9.17, 15) is 0 Å². The molecule has 3 unspecified atom stereocenters. The molecular weight excluding hydrogens is 234 g/mol. The van der Waals surface area contributed by atoms with Gasteiger partial charge in [-0.05, 0) is 36.5 Å².